The second-order valence-electron chi connectivity index (χ2n) is 7.34. The maximum Gasteiger partial charge on any atom is 0.275 e. The van der Waals surface area contributed by atoms with Crippen LogP contribution in [0.15, 0.2) is 36.7 Å². The number of benzene rings is 1. The van der Waals surface area contributed by atoms with E-state index in [0.717, 1.165) is 30.3 Å². The Balaban J connectivity index is 1.41. The van der Waals surface area contributed by atoms with Crippen LogP contribution >= 0.6 is 0 Å². The summed E-state index contributed by atoms with van der Waals surface area (Å²) in [6.07, 6.45) is 9.36. The number of rotatable bonds is 5. The van der Waals surface area contributed by atoms with Gasteiger partial charge in [-0.15, -0.1) is 0 Å². The van der Waals surface area contributed by atoms with Gasteiger partial charge in [0.1, 0.15) is 11.5 Å². The van der Waals surface area contributed by atoms with Crippen LogP contribution < -0.4 is 15.5 Å². The molecule has 1 aromatic carbocycles. The summed E-state index contributed by atoms with van der Waals surface area (Å²) in [7, 11) is 0. The molecule has 4 rings (SSSR count). The van der Waals surface area contributed by atoms with Gasteiger partial charge in [0.15, 0.2) is 0 Å². The van der Waals surface area contributed by atoms with E-state index in [0.29, 0.717) is 24.9 Å². The van der Waals surface area contributed by atoms with Crippen LogP contribution in [0.2, 0.25) is 0 Å². The Morgan fingerprint density at radius 2 is 1.82 bits per heavy atom. The Bertz CT molecular complexity index is 784. The van der Waals surface area contributed by atoms with Crippen LogP contribution in [0.5, 0.6) is 0 Å². The number of carbonyl (C=O) groups is 1. The number of anilines is 3. The van der Waals surface area contributed by atoms with Crippen molar-refractivity contribution in [2.45, 2.75) is 38.1 Å². The average molecular weight is 381 g/mol. The molecule has 1 amide bonds. The number of nitrogens with one attached hydrogen (secondary N) is 2. The van der Waals surface area contributed by atoms with Gasteiger partial charge >= 0.3 is 0 Å². The summed E-state index contributed by atoms with van der Waals surface area (Å²) in [5.74, 6) is 0.481. The van der Waals surface area contributed by atoms with E-state index in [1.54, 1.807) is 6.20 Å². The molecule has 1 saturated carbocycles. The van der Waals surface area contributed by atoms with E-state index in [9.17, 15) is 4.79 Å². The number of nitrogens with zero attached hydrogens (tertiary/aromatic N) is 3. The molecule has 0 radical (unpaired) electrons. The third-order valence-corrected chi connectivity index (χ3v) is 5.35. The minimum Gasteiger partial charge on any atom is -0.378 e. The Labute approximate surface area is 165 Å². The molecule has 7 nitrogen and oxygen atoms in total. The number of hydrogen-bond acceptors (Lipinski definition) is 6. The highest BCUT2D eigenvalue weighted by molar-refractivity contribution is 6.04. The molecule has 2 N–H and O–H groups in total. The Morgan fingerprint density at radius 1 is 1.04 bits per heavy atom. The van der Waals surface area contributed by atoms with Gasteiger partial charge in [-0.25, -0.2) is 9.97 Å². The first-order valence-electron chi connectivity index (χ1n) is 10.1. The number of amides is 1. The zero-order valence-corrected chi connectivity index (χ0v) is 16.1. The number of morpholine rings is 1. The lowest BCUT2D eigenvalue weighted by molar-refractivity contribution is 0.102. The number of carbonyl (C=O) groups excluding carboxylic acids is 1. The lowest BCUT2D eigenvalue weighted by Gasteiger charge is -2.30. The molecule has 28 heavy (non-hydrogen) atoms. The SMILES string of the molecule is O=C(Nc1ccccc1N1CCOCC1)c1cnc(NC2CCCCC2)cn1. The van der Waals surface area contributed by atoms with Crippen LogP contribution in [0.3, 0.4) is 0 Å². The number of para-hydroxylation sites is 2. The Morgan fingerprint density at radius 3 is 2.57 bits per heavy atom. The molecule has 2 aliphatic rings. The summed E-state index contributed by atoms with van der Waals surface area (Å²) in [5, 5.41) is 6.41. The summed E-state index contributed by atoms with van der Waals surface area (Å²) in [5.41, 5.74) is 2.09. The van der Waals surface area contributed by atoms with Gasteiger partial charge in [-0.1, -0.05) is 31.4 Å². The summed E-state index contributed by atoms with van der Waals surface area (Å²) >= 11 is 0. The third kappa shape index (κ3) is 4.59. The molecule has 7 heteroatoms. The van der Waals surface area contributed by atoms with Crippen molar-refractivity contribution in [2.75, 3.05) is 41.8 Å². The minimum atomic E-state index is -0.252. The first-order valence-corrected chi connectivity index (χ1v) is 10.1. The first-order chi connectivity index (χ1) is 13.8. The average Bonchev–Trinajstić information content (AvgIpc) is 2.76. The molecule has 0 unspecified atom stereocenters. The van der Waals surface area contributed by atoms with Gasteiger partial charge in [0, 0.05) is 19.1 Å². The van der Waals surface area contributed by atoms with Crippen LogP contribution in [0, 0.1) is 0 Å². The topological polar surface area (TPSA) is 79.4 Å². The molecule has 0 spiro atoms. The summed E-state index contributed by atoms with van der Waals surface area (Å²) in [6, 6.07) is 8.29. The van der Waals surface area contributed by atoms with Gasteiger partial charge in [-0.05, 0) is 25.0 Å². The molecule has 1 aliphatic carbocycles. The second kappa shape index (κ2) is 9.01. The molecule has 148 valence electrons. The lowest BCUT2D eigenvalue weighted by atomic mass is 9.96. The van der Waals surface area contributed by atoms with Gasteiger partial charge < -0.3 is 20.3 Å². The molecule has 0 bridgehead atoms. The molecule has 1 aromatic heterocycles. The number of ether oxygens (including phenoxy) is 1. The quantitative estimate of drug-likeness (QED) is 0.827. The summed E-state index contributed by atoms with van der Waals surface area (Å²) in [4.78, 5) is 23.6. The molecular weight excluding hydrogens is 354 g/mol. The minimum absolute atomic E-state index is 0.252. The zero-order valence-electron chi connectivity index (χ0n) is 16.1. The molecule has 1 saturated heterocycles. The predicted molar refractivity (Wildman–Crippen MR) is 110 cm³/mol. The van der Waals surface area contributed by atoms with E-state index in [2.05, 4.69) is 25.5 Å². The fourth-order valence-electron chi connectivity index (χ4n) is 3.82. The first kappa shape index (κ1) is 18.7. The van der Waals surface area contributed by atoms with E-state index in [1.807, 2.05) is 24.3 Å². The van der Waals surface area contributed by atoms with Crippen molar-refractivity contribution in [3.63, 3.8) is 0 Å². The van der Waals surface area contributed by atoms with Crippen LogP contribution in [0.1, 0.15) is 42.6 Å². The molecular formula is C21H27N5O2. The number of hydrogen-bond donors (Lipinski definition) is 2. The molecule has 2 fully saturated rings. The van der Waals surface area contributed by atoms with Crippen molar-refractivity contribution in [2.24, 2.45) is 0 Å². The fraction of sp³-hybridized carbons (Fsp3) is 0.476. The molecule has 0 atom stereocenters. The predicted octanol–water partition coefficient (Wildman–Crippen LogP) is 3.31. The van der Waals surface area contributed by atoms with Gasteiger partial charge in [0.05, 0.1) is 37.0 Å². The number of aromatic nitrogens is 2. The smallest absolute Gasteiger partial charge is 0.275 e. The fourth-order valence-corrected chi connectivity index (χ4v) is 3.82. The second-order valence-corrected chi connectivity index (χ2v) is 7.34. The van der Waals surface area contributed by atoms with Crippen molar-refractivity contribution in [3.05, 3.63) is 42.4 Å². The standard InChI is InChI=1S/C21H27N5O2/c27-21(18-14-23-20(15-22-18)24-16-6-2-1-3-7-16)25-17-8-4-5-9-19(17)26-10-12-28-13-11-26/h4-5,8-9,14-16H,1-3,6-7,10-13H2,(H,23,24)(H,25,27). The van der Waals surface area contributed by atoms with E-state index in [4.69, 9.17) is 4.74 Å². The highest BCUT2D eigenvalue weighted by atomic mass is 16.5. The maximum atomic E-state index is 12.7. The van der Waals surface area contributed by atoms with E-state index >= 15 is 0 Å². The highest BCUT2D eigenvalue weighted by Crippen LogP contribution is 2.27. The van der Waals surface area contributed by atoms with Crippen molar-refractivity contribution in [3.8, 4) is 0 Å². The van der Waals surface area contributed by atoms with Gasteiger partial charge in [0.2, 0.25) is 0 Å². The van der Waals surface area contributed by atoms with Gasteiger partial charge in [-0.2, -0.15) is 0 Å². The van der Waals surface area contributed by atoms with Crippen LogP contribution in [0.4, 0.5) is 17.2 Å². The normalized spacial score (nSPS) is 17.9. The Hall–Kier alpha value is -2.67. The Kier molecular flexibility index (Phi) is 6.01. The molecule has 2 aromatic rings. The zero-order chi connectivity index (χ0) is 19.2. The van der Waals surface area contributed by atoms with E-state index < -0.39 is 0 Å². The van der Waals surface area contributed by atoms with Crippen LogP contribution in [-0.2, 0) is 4.74 Å². The third-order valence-electron chi connectivity index (χ3n) is 5.35. The van der Waals surface area contributed by atoms with Gasteiger partial charge in [0.25, 0.3) is 5.91 Å². The molecule has 2 heterocycles. The van der Waals surface area contributed by atoms with Gasteiger partial charge in [-0.3, -0.25) is 4.79 Å². The van der Waals surface area contributed by atoms with Crippen molar-refractivity contribution in [1.82, 2.24) is 9.97 Å². The molecule has 1 aliphatic heterocycles. The lowest BCUT2D eigenvalue weighted by Crippen LogP contribution is -2.36. The van der Waals surface area contributed by atoms with Crippen LogP contribution in [0.25, 0.3) is 0 Å². The highest BCUT2D eigenvalue weighted by Gasteiger charge is 2.18. The van der Waals surface area contributed by atoms with Crippen molar-refractivity contribution >= 4 is 23.1 Å². The largest absolute Gasteiger partial charge is 0.378 e. The van der Waals surface area contributed by atoms with Crippen LogP contribution in [-0.4, -0.2) is 48.2 Å². The summed E-state index contributed by atoms with van der Waals surface area (Å²) < 4.78 is 5.42. The van der Waals surface area contributed by atoms with Crippen molar-refractivity contribution < 1.29 is 9.53 Å². The summed E-state index contributed by atoms with van der Waals surface area (Å²) in [6.45, 7) is 3.02. The maximum absolute atomic E-state index is 12.7. The van der Waals surface area contributed by atoms with E-state index in [-0.39, 0.29) is 5.91 Å². The van der Waals surface area contributed by atoms with Crippen molar-refractivity contribution in [1.29, 1.82) is 0 Å². The monoisotopic (exact) mass is 381 g/mol. The van der Waals surface area contributed by atoms with E-state index in [1.165, 1.54) is 38.3 Å².